The number of carbonyl (C=O) groups excluding carboxylic acids is 2. The zero-order chi connectivity index (χ0) is 25.0. The quantitative estimate of drug-likeness (QED) is 0.461. The predicted molar refractivity (Wildman–Crippen MR) is 127 cm³/mol. The third-order valence-corrected chi connectivity index (χ3v) is 5.49. The zero-order valence-electron chi connectivity index (χ0n) is 21.0. The normalized spacial score (nSPS) is 18.7. The van der Waals surface area contributed by atoms with Crippen LogP contribution < -0.4 is 9.64 Å². The highest BCUT2D eigenvalue weighted by Gasteiger charge is 2.36. The number of piperazine rings is 1. The van der Waals surface area contributed by atoms with Gasteiger partial charge in [0, 0.05) is 37.5 Å². The van der Waals surface area contributed by atoms with Crippen LogP contribution in [-0.2, 0) is 14.2 Å². The number of ether oxygens (including phenoxy) is 4. The van der Waals surface area contributed by atoms with Crippen LogP contribution in [0.3, 0.4) is 0 Å². The van der Waals surface area contributed by atoms with Crippen molar-refractivity contribution in [1.29, 1.82) is 0 Å². The minimum Gasteiger partial charge on any atom is -0.465 e. The molecule has 10 nitrogen and oxygen atoms in total. The first-order valence-corrected chi connectivity index (χ1v) is 11.3. The fraction of sp³-hybridized carbons (Fsp3) is 0.583. The van der Waals surface area contributed by atoms with E-state index >= 15 is 0 Å². The van der Waals surface area contributed by atoms with Gasteiger partial charge in [-0.15, -0.1) is 0 Å². The number of hydrogen-bond acceptors (Lipinski definition) is 9. The molecule has 1 saturated heterocycles. The van der Waals surface area contributed by atoms with E-state index in [0.29, 0.717) is 36.2 Å². The largest absolute Gasteiger partial charge is 0.465 e. The van der Waals surface area contributed by atoms with Gasteiger partial charge < -0.3 is 23.8 Å². The van der Waals surface area contributed by atoms with Gasteiger partial charge in [-0.1, -0.05) is 0 Å². The van der Waals surface area contributed by atoms with E-state index in [1.54, 1.807) is 24.3 Å². The summed E-state index contributed by atoms with van der Waals surface area (Å²) in [6.07, 6.45) is 1.33. The first-order valence-electron chi connectivity index (χ1n) is 11.3. The lowest BCUT2D eigenvalue weighted by Crippen LogP contribution is -2.59. The van der Waals surface area contributed by atoms with Gasteiger partial charge in [-0.2, -0.15) is 4.98 Å². The van der Waals surface area contributed by atoms with Crippen LogP contribution in [0.25, 0.3) is 10.9 Å². The number of aromatic nitrogens is 2. The summed E-state index contributed by atoms with van der Waals surface area (Å²) in [6.45, 7) is 11.4. The fourth-order valence-electron chi connectivity index (χ4n) is 4.12. The Morgan fingerprint density at radius 2 is 1.76 bits per heavy atom. The first kappa shape index (κ1) is 25.5. The second kappa shape index (κ2) is 10.4. The summed E-state index contributed by atoms with van der Waals surface area (Å²) < 4.78 is 21.1. The number of methoxy groups -OCH3 is 2. The van der Waals surface area contributed by atoms with Crippen LogP contribution in [0.2, 0.25) is 0 Å². The van der Waals surface area contributed by atoms with Crippen molar-refractivity contribution in [2.24, 2.45) is 0 Å². The molecule has 2 aromatic rings. The number of nitrogens with zero attached hydrogens (tertiary/aromatic N) is 4. The molecule has 0 saturated carbocycles. The lowest BCUT2D eigenvalue weighted by atomic mass is 10.0. The summed E-state index contributed by atoms with van der Waals surface area (Å²) in [5, 5.41) is 0.701. The molecule has 1 aromatic heterocycles. The van der Waals surface area contributed by atoms with Crippen molar-refractivity contribution in [3.05, 3.63) is 23.9 Å². The Morgan fingerprint density at radius 1 is 1.09 bits per heavy atom. The molecule has 10 heteroatoms. The predicted octanol–water partition coefficient (Wildman–Crippen LogP) is 3.28. The lowest BCUT2D eigenvalue weighted by molar-refractivity contribution is 0.00565. The van der Waals surface area contributed by atoms with Crippen LogP contribution in [0.1, 0.15) is 45.0 Å². The Balaban J connectivity index is 1.93. The average molecular weight is 475 g/mol. The molecule has 0 unspecified atom stereocenters. The molecule has 0 radical (unpaired) electrons. The Hall–Kier alpha value is -3.14. The molecule has 1 amide bonds. The van der Waals surface area contributed by atoms with Crippen LogP contribution in [-0.4, -0.2) is 85.1 Å². The zero-order valence-corrected chi connectivity index (χ0v) is 21.0. The van der Waals surface area contributed by atoms with Crippen molar-refractivity contribution in [3.8, 4) is 6.01 Å². The first-order chi connectivity index (χ1) is 16.1. The van der Waals surface area contributed by atoms with Gasteiger partial charge in [0.1, 0.15) is 12.2 Å². The maximum Gasteiger partial charge on any atom is 0.410 e. The highest BCUT2D eigenvalue weighted by molar-refractivity contribution is 6.06. The summed E-state index contributed by atoms with van der Waals surface area (Å²) in [7, 11) is 2.91. The monoisotopic (exact) mass is 474 g/mol. The molecule has 0 N–H and O–H groups in total. The minimum absolute atomic E-state index is 0.0912. The van der Waals surface area contributed by atoms with Crippen LogP contribution in [0.15, 0.2) is 18.3 Å². The third-order valence-electron chi connectivity index (χ3n) is 5.49. The van der Waals surface area contributed by atoms with Gasteiger partial charge in [-0.3, -0.25) is 4.90 Å². The van der Waals surface area contributed by atoms with E-state index in [9.17, 15) is 9.59 Å². The van der Waals surface area contributed by atoms with E-state index in [4.69, 9.17) is 18.9 Å². The molecule has 1 aliphatic heterocycles. The molecule has 34 heavy (non-hydrogen) atoms. The molecule has 1 aliphatic rings. The Kier molecular flexibility index (Phi) is 7.81. The molecule has 1 fully saturated rings. The van der Waals surface area contributed by atoms with Crippen molar-refractivity contribution in [3.63, 3.8) is 0 Å². The van der Waals surface area contributed by atoms with Crippen molar-refractivity contribution >= 4 is 28.7 Å². The van der Waals surface area contributed by atoms with E-state index in [2.05, 4.69) is 14.9 Å². The fourth-order valence-corrected chi connectivity index (χ4v) is 4.12. The van der Waals surface area contributed by atoms with Crippen LogP contribution >= 0.6 is 0 Å². The Bertz CT molecular complexity index is 1030. The van der Waals surface area contributed by atoms with Gasteiger partial charge >= 0.3 is 18.1 Å². The van der Waals surface area contributed by atoms with Gasteiger partial charge in [-0.25, -0.2) is 14.6 Å². The van der Waals surface area contributed by atoms with E-state index in [0.717, 1.165) is 5.69 Å². The molecule has 2 heterocycles. The second-order valence-corrected chi connectivity index (χ2v) is 9.37. The highest BCUT2D eigenvalue weighted by Crippen LogP contribution is 2.32. The molecule has 2 atom stereocenters. The second-order valence-electron chi connectivity index (χ2n) is 9.37. The Morgan fingerprint density at radius 3 is 2.35 bits per heavy atom. The van der Waals surface area contributed by atoms with Crippen LogP contribution in [0.4, 0.5) is 10.5 Å². The summed E-state index contributed by atoms with van der Waals surface area (Å²) in [5.41, 5.74) is 1.08. The Labute approximate surface area is 200 Å². The number of benzene rings is 1. The number of carbonyl (C=O) groups is 2. The summed E-state index contributed by atoms with van der Waals surface area (Å²) in [5.74, 6) is -0.491. The van der Waals surface area contributed by atoms with E-state index in [-0.39, 0.29) is 30.8 Å². The number of hydrogen-bond donors (Lipinski definition) is 0. The number of fused-ring (bicyclic) bond motifs is 1. The molecular weight excluding hydrogens is 440 g/mol. The molecule has 0 bridgehead atoms. The minimum atomic E-state index is -0.562. The van der Waals surface area contributed by atoms with E-state index in [1.807, 2.05) is 40.7 Å². The standard InChI is InChI=1S/C24H34N4O6/c1-15-13-27(14-16(2)28(15)23(30)34-24(3,4)5)19-9-8-17(21(29)32-7)20-18(19)12-25-22(26-20)33-11-10-31-6/h8-9,12,15-16H,10-11,13-14H2,1-7H3/t15-,16+. The molecule has 3 rings (SSSR count). The lowest BCUT2D eigenvalue weighted by Gasteiger charge is -2.45. The topological polar surface area (TPSA) is 103 Å². The van der Waals surface area contributed by atoms with E-state index < -0.39 is 11.6 Å². The van der Waals surface area contributed by atoms with Crippen molar-refractivity contribution < 1.29 is 28.5 Å². The van der Waals surface area contributed by atoms with Crippen LogP contribution in [0.5, 0.6) is 6.01 Å². The SMILES string of the molecule is COCCOc1ncc2c(N3C[C@@H](C)N(C(=O)OC(C)(C)C)[C@@H](C)C3)ccc(C(=O)OC)c2n1. The van der Waals surface area contributed by atoms with Gasteiger partial charge in [0.15, 0.2) is 0 Å². The number of esters is 1. The smallest absolute Gasteiger partial charge is 0.410 e. The van der Waals surface area contributed by atoms with Crippen molar-refractivity contribution in [2.75, 3.05) is 45.4 Å². The van der Waals surface area contributed by atoms with Crippen molar-refractivity contribution in [2.45, 2.75) is 52.3 Å². The third kappa shape index (κ3) is 5.67. The maximum atomic E-state index is 12.8. The number of amides is 1. The van der Waals surface area contributed by atoms with Gasteiger partial charge in [-0.05, 0) is 46.8 Å². The molecule has 186 valence electrons. The molecule has 0 spiro atoms. The van der Waals surface area contributed by atoms with E-state index in [1.165, 1.54) is 7.11 Å². The van der Waals surface area contributed by atoms with Gasteiger partial charge in [0.25, 0.3) is 0 Å². The average Bonchev–Trinajstić information content (AvgIpc) is 2.76. The summed E-state index contributed by atoms with van der Waals surface area (Å²) in [4.78, 5) is 38.0. The molecule has 1 aromatic carbocycles. The molecule has 0 aliphatic carbocycles. The van der Waals surface area contributed by atoms with Gasteiger partial charge in [0.05, 0.1) is 36.9 Å². The van der Waals surface area contributed by atoms with Crippen molar-refractivity contribution in [1.82, 2.24) is 14.9 Å². The summed E-state index contributed by atoms with van der Waals surface area (Å²) >= 11 is 0. The van der Waals surface area contributed by atoms with Gasteiger partial charge in [0.2, 0.25) is 0 Å². The summed E-state index contributed by atoms with van der Waals surface area (Å²) in [6, 6.07) is 3.54. The number of anilines is 1. The highest BCUT2D eigenvalue weighted by atomic mass is 16.6. The molecular formula is C24H34N4O6. The van der Waals surface area contributed by atoms with Crippen LogP contribution in [0, 0.1) is 0 Å². The maximum absolute atomic E-state index is 12.8. The number of rotatable bonds is 6.